The van der Waals surface area contributed by atoms with E-state index in [2.05, 4.69) is 16.0 Å². The normalized spacial score (nSPS) is 18.9. The molecule has 0 unspecified atom stereocenters. The summed E-state index contributed by atoms with van der Waals surface area (Å²) in [4.78, 5) is 26.3. The van der Waals surface area contributed by atoms with Crippen molar-refractivity contribution < 1.29 is 18.7 Å². The quantitative estimate of drug-likeness (QED) is 0.643. The summed E-state index contributed by atoms with van der Waals surface area (Å²) in [6, 6.07) is 9.21. The zero-order chi connectivity index (χ0) is 22.2. The Labute approximate surface area is 181 Å². The van der Waals surface area contributed by atoms with Crippen molar-refractivity contribution in [1.82, 2.24) is 10.2 Å². The molecule has 2 aromatic rings. The Kier molecular flexibility index (Phi) is 5.47. The number of anilines is 2. The van der Waals surface area contributed by atoms with Crippen molar-refractivity contribution in [3.63, 3.8) is 0 Å². The van der Waals surface area contributed by atoms with Crippen LogP contribution in [0.2, 0.25) is 0 Å². The first kappa shape index (κ1) is 21.0. The molecule has 1 atom stereocenters. The zero-order valence-corrected chi connectivity index (χ0v) is 17.9. The van der Waals surface area contributed by atoms with Gasteiger partial charge in [0.25, 0.3) is 0 Å². The van der Waals surface area contributed by atoms with E-state index in [4.69, 9.17) is 4.74 Å². The van der Waals surface area contributed by atoms with Crippen LogP contribution in [0.5, 0.6) is 5.75 Å². The lowest BCUT2D eigenvalue weighted by Gasteiger charge is -2.41. The van der Waals surface area contributed by atoms with Crippen LogP contribution in [0.15, 0.2) is 36.4 Å². The van der Waals surface area contributed by atoms with Crippen molar-refractivity contribution in [3.05, 3.63) is 53.3 Å². The second kappa shape index (κ2) is 8.09. The number of nitrogens with zero attached hydrogens (tertiary/aromatic N) is 1. The fourth-order valence-corrected chi connectivity index (χ4v) is 4.23. The summed E-state index contributed by atoms with van der Waals surface area (Å²) in [5, 5.41) is 8.61. The summed E-state index contributed by atoms with van der Waals surface area (Å²) in [6.45, 7) is 4.52. The second-order valence-electron chi connectivity index (χ2n) is 8.16. The van der Waals surface area contributed by atoms with Crippen LogP contribution in [0.3, 0.4) is 0 Å². The summed E-state index contributed by atoms with van der Waals surface area (Å²) in [5.41, 5.74) is 2.31. The van der Waals surface area contributed by atoms with E-state index in [1.807, 2.05) is 19.9 Å². The zero-order valence-electron chi connectivity index (χ0n) is 17.9. The topological polar surface area (TPSA) is 82.7 Å². The van der Waals surface area contributed by atoms with Gasteiger partial charge < -0.3 is 25.6 Å². The summed E-state index contributed by atoms with van der Waals surface area (Å²) in [6.07, 6.45) is 1.96. The molecule has 3 N–H and O–H groups in total. The Bertz CT molecular complexity index is 1020. The SMILES string of the molecule is CCC1(CC)C[C@@H](NC(=O)Nc2ccc3c(c2)NC(=O)N(C)C3)c2cccc(F)c2O1. The molecule has 4 amide bonds. The van der Waals surface area contributed by atoms with E-state index in [0.29, 0.717) is 42.7 Å². The maximum Gasteiger partial charge on any atom is 0.321 e. The van der Waals surface area contributed by atoms with Crippen molar-refractivity contribution in [2.24, 2.45) is 0 Å². The average molecular weight is 426 g/mol. The van der Waals surface area contributed by atoms with E-state index >= 15 is 0 Å². The van der Waals surface area contributed by atoms with E-state index in [1.165, 1.54) is 6.07 Å². The molecule has 0 saturated carbocycles. The molecule has 7 nitrogen and oxygen atoms in total. The van der Waals surface area contributed by atoms with Crippen molar-refractivity contribution >= 4 is 23.4 Å². The van der Waals surface area contributed by atoms with E-state index in [-0.39, 0.29) is 17.8 Å². The predicted octanol–water partition coefficient (Wildman–Crippen LogP) is 5.01. The predicted molar refractivity (Wildman–Crippen MR) is 117 cm³/mol. The number of rotatable bonds is 4. The number of benzene rings is 2. The summed E-state index contributed by atoms with van der Waals surface area (Å²) >= 11 is 0. The maximum atomic E-state index is 14.5. The number of fused-ring (bicyclic) bond motifs is 2. The highest BCUT2D eigenvalue weighted by Gasteiger charge is 2.40. The molecule has 4 rings (SSSR count). The number of nitrogens with one attached hydrogen (secondary N) is 3. The number of hydrogen-bond donors (Lipinski definition) is 3. The van der Waals surface area contributed by atoms with Gasteiger partial charge in [-0.25, -0.2) is 14.0 Å². The third-order valence-corrected chi connectivity index (χ3v) is 6.23. The van der Waals surface area contributed by atoms with Crippen LogP contribution >= 0.6 is 0 Å². The molecule has 164 valence electrons. The van der Waals surface area contributed by atoms with Gasteiger partial charge in [-0.15, -0.1) is 0 Å². The molecular weight excluding hydrogens is 399 g/mol. The standard InChI is InChI=1S/C23H27FN4O3/c1-4-23(5-2)12-19(16-7-6-8-17(24)20(16)31-23)26-21(29)25-15-10-9-14-13-28(3)22(30)27-18(14)11-15/h6-11,19H,4-5,12-13H2,1-3H3,(H,27,30)(H2,25,26,29)/t19-/m1/s1. The average Bonchev–Trinajstić information content (AvgIpc) is 2.75. The van der Waals surface area contributed by atoms with E-state index in [1.54, 1.807) is 36.2 Å². The molecule has 0 aliphatic carbocycles. The van der Waals surface area contributed by atoms with Crippen molar-refractivity contribution in [2.45, 2.75) is 51.3 Å². The lowest BCUT2D eigenvalue weighted by atomic mass is 9.83. The fourth-order valence-electron chi connectivity index (χ4n) is 4.23. The van der Waals surface area contributed by atoms with Gasteiger partial charge in [0.1, 0.15) is 5.60 Å². The number of para-hydroxylation sites is 1. The summed E-state index contributed by atoms with van der Waals surface area (Å²) in [7, 11) is 1.72. The van der Waals surface area contributed by atoms with Crippen LogP contribution in [0, 0.1) is 5.82 Å². The molecule has 0 saturated heterocycles. The van der Waals surface area contributed by atoms with Crippen LogP contribution in [0.1, 0.15) is 50.3 Å². The van der Waals surface area contributed by atoms with E-state index in [0.717, 1.165) is 5.56 Å². The van der Waals surface area contributed by atoms with Crippen LogP contribution in [-0.4, -0.2) is 29.6 Å². The molecule has 0 radical (unpaired) electrons. The minimum absolute atomic E-state index is 0.189. The van der Waals surface area contributed by atoms with Gasteiger partial charge in [0.05, 0.1) is 6.04 Å². The molecule has 2 aliphatic rings. The lowest BCUT2D eigenvalue weighted by Crippen LogP contribution is -2.45. The third kappa shape index (κ3) is 4.02. The van der Waals surface area contributed by atoms with E-state index < -0.39 is 17.4 Å². The Balaban J connectivity index is 1.53. The second-order valence-corrected chi connectivity index (χ2v) is 8.16. The highest BCUT2D eigenvalue weighted by Crippen LogP contribution is 2.44. The van der Waals surface area contributed by atoms with Crippen LogP contribution in [-0.2, 0) is 6.54 Å². The van der Waals surface area contributed by atoms with Crippen molar-refractivity contribution in [2.75, 3.05) is 17.7 Å². The first-order chi connectivity index (χ1) is 14.8. The molecular formula is C23H27FN4O3. The minimum atomic E-state index is -0.532. The monoisotopic (exact) mass is 426 g/mol. The van der Waals surface area contributed by atoms with Gasteiger partial charge in [-0.05, 0) is 36.6 Å². The van der Waals surface area contributed by atoms with Gasteiger partial charge in [0, 0.05) is 37.0 Å². The van der Waals surface area contributed by atoms with Crippen molar-refractivity contribution in [1.29, 1.82) is 0 Å². The lowest BCUT2D eigenvalue weighted by molar-refractivity contribution is 0.0205. The molecule has 31 heavy (non-hydrogen) atoms. The summed E-state index contributed by atoms with van der Waals surface area (Å²) in [5.74, 6) is -0.213. The van der Waals surface area contributed by atoms with Crippen LogP contribution < -0.4 is 20.7 Å². The largest absolute Gasteiger partial charge is 0.484 e. The maximum absolute atomic E-state index is 14.5. The Hall–Kier alpha value is -3.29. The molecule has 0 bridgehead atoms. The van der Waals surface area contributed by atoms with E-state index in [9.17, 15) is 14.0 Å². The van der Waals surface area contributed by atoms with Crippen LogP contribution in [0.4, 0.5) is 25.4 Å². The molecule has 0 fully saturated rings. The Morgan fingerprint density at radius 1 is 1.29 bits per heavy atom. The molecule has 2 aliphatic heterocycles. The Morgan fingerprint density at radius 3 is 2.81 bits per heavy atom. The number of hydrogen-bond acceptors (Lipinski definition) is 3. The first-order valence-electron chi connectivity index (χ1n) is 10.5. The number of urea groups is 2. The number of halogens is 1. The molecule has 2 heterocycles. The first-order valence-corrected chi connectivity index (χ1v) is 10.5. The van der Waals surface area contributed by atoms with Gasteiger partial charge in [0.15, 0.2) is 11.6 Å². The minimum Gasteiger partial charge on any atom is -0.484 e. The number of ether oxygens (including phenoxy) is 1. The molecule has 0 aromatic heterocycles. The van der Waals surface area contributed by atoms with Gasteiger partial charge >= 0.3 is 12.1 Å². The highest BCUT2D eigenvalue weighted by molar-refractivity contribution is 5.95. The smallest absolute Gasteiger partial charge is 0.321 e. The van der Waals surface area contributed by atoms with Gasteiger partial charge in [-0.2, -0.15) is 0 Å². The molecule has 8 heteroatoms. The molecule has 0 spiro atoms. The molecule has 2 aromatic carbocycles. The van der Waals surface area contributed by atoms with Crippen LogP contribution in [0.25, 0.3) is 0 Å². The number of carbonyl (C=O) groups excluding carboxylic acids is 2. The number of carbonyl (C=O) groups is 2. The van der Waals surface area contributed by atoms with Gasteiger partial charge in [0.2, 0.25) is 0 Å². The van der Waals surface area contributed by atoms with Crippen molar-refractivity contribution in [3.8, 4) is 5.75 Å². The Morgan fingerprint density at radius 2 is 2.06 bits per heavy atom. The third-order valence-electron chi connectivity index (χ3n) is 6.23. The number of amides is 4. The van der Waals surface area contributed by atoms with Gasteiger partial charge in [-0.3, -0.25) is 0 Å². The fraction of sp³-hybridized carbons (Fsp3) is 0.391. The summed E-state index contributed by atoms with van der Waals surface area (Å²) < 4.78 is 20.5. The highest BCUT2D eigenvalue weighted by atomic mass is 19.1. The van der Waals surface area contributed by atoms with Gasteiger partial charge in [-0.1, -0.05) is 32.0 Å².